The predicted molar refractivity (Wildman–Crippen MR) is 62.6 cm³/mol. The van der Waals surface area contributed by atoms with E-state index in [2.05, 4.69) is 20.0 Å². The van der Waals surface area contributed by atoms with Crippen LogP contribution in [0.5, 0.6) is 0 Å². The Hall–Kier alpha value is -2.21. The van der Waals surface area contributed by atoms with Crippen molar-refractivity contribution in [3.05, 3.63) is 47.9 Å². The van der Waals surface area contributed by atoms with E-state index in [1.165, 1.54) is 19.7 Å². The summed E-state index contributed by atoms with van der Waals surface area (Å²) in [5.74, 6) is -0.244. The predicted octanol–water partition coefficient (Wildman–Crippen LogP) is 1.15. The van der Waals surface area contributed by atoms with Gasteiger partial charge in [0.1, 0.15) is 6.33 Å². The number of furan rings is 1. The molecule has 2 heterocycles. The molecule has 0 radical (unpaired) electrons. The summed E-state index contributed by atoms with van der Waals surface area (Å²) >= 11 is 0. The van der Waals surface area contributed by atoms with Crippen molar-refractivity contribution >= 4 is 5.97 Å². The molecule has 0 aliphatic heterocycles. The van der Waals surface area contributed by atoms with Crippen molar-refractivity contribution in [2.45, 2.75) is 13.1 Å². The van der Waals surface area contributed by atoms with E-state index in [9.17, 15) is 4.79 Å². The molecule has 0 aliphatic rings. The fourth-order valence-electron chi connectivity index (χ4n) is 1.49. The lowest BCUT2D eigenvalue weighted by atomic mass is 10.2. The number of rotatable bonds is 5. The van der Waals surface area contributed by atoms with Crippen LogP contribution in [-0.2, 0) is 17.8 Å². The third-order valence-corrected chi connectivity index (χ3v) is 2.38. The van der Waals surface area contributed by atoms with Gasteiger partial charge in [0.2, 0.25) is 5.76 Å². The van der Waals surface area contributed by atoms with Crippen molar-refractivity contribution in [1.29, 1.82) is 0 Å². The van der Waals surface area contributed by atoms with Crippen molar-refractivity contribution in [3.63, 3.8) is 0 Å². The zero-order valence-corrected chi connectivity index (χ0v) is 9.92. The summed E-state index contributed by atoms with van der Waals surface area (Å²) in [5, 5.41) is 3.17. The van der Waals surface area contributed by atoms with Gasteiger partial charge >= 0.3 is 5.97 Å². The normalized spacial score (nSPS) is 10.3. The first-order valence-corrected chi connectivity index (χ1v) is 5.41. The Morgan fingerprint density at radius 1 is 1.44 bits per heavy atom. The fourth-order valence-corrected chi connectivity index (χ4v) is 1.49. The van der Waals surface area contributed by atoms with Gasteiger partial charge in [-0.05, 0) is 12.1 Å². The number of carbonyl (C=O) groups is 1. The molecule has 94 valence electrons. The van der Waals surface area contributed by atoms with E-state index in [0.717, 1.165) is 11.3 Å². The molecule has 6 nitrogen and oxygen atoms in total. The minimum Gasteiger partial charge on any atom is -0.463 e. The second-order valence-corrected chi connectivity index (χ2v) is 3.57. The van der Waals surface area contributed by atoms with Crippen LogP contribution >= 0.6 is 0 Å². The van der Waals surface area contributed by atoms with E-state index in [4.69, 9.17) is 4.42 Å². The third kappa shape index (κ3) is 2.92. The summed E-state index contributed by atoms with van der Waals surface area (Å²) in [6.07, 6.45) is 4.64. The highest BCUT2D eigenvalue weighted by Crippen LogP contribution is 2.11. The summed E-state index contributed by atoms with van der Waals surface area (Å²) in [7, 11) is 1.32. The van der Waals surface area contributed by atoms with Crippen LogP contribution in [0.3, 0.4) is 0 Å². The molecule has 0 spiro atoms. The van der Waals surface area contributed by atoms with Crippen LogP contribution < -0.4 is 5.32 Å². The summed E-state index contributed by atoms with van der Waals surface area (Å²) in [6, 6.07) is 3.56. The second-order valence-electron chi connectivity index (χ2n) is 3.57. The maximum absolute atomic E-state index is 11.4. The quantitative estimate of drug-likeness (QED) is 0.798. The minimum absolute atomic E-state index is 0.229. The SMILES string of the molecule is COC(=O)c1occc1CNCc1ccncn1. The Morgan fingerprint density at radius 2 is 2.33 bits per heavy atom. The number of nitrogens with zero attached hydrogens (tertiary/aromatic N) is 2. The maximum atomic E-state index is 11.4. The van der Waals surface area contributed by atoms with Crippen molar-refractivity contribution in [2.75, 3.05) is 7.11 Å². The van der Waals surface area contributed by atoms with Gasteiger partial charge in [-0.15, -0.1) is 0 Å². The molecule has 2 rings (SSSR count). The smallest absolute Gasteiger partial charge is 0.374 e. The van der Waals surface area contributed by atoms with Gasteiger partial charge in [-0.3, -0.25) is 0 Å². The molecule has 0 atom stereocenters. The molecule has 2 aromatic rings. The number of aromatic nitrogens is 2. The molecular weight excluding hydrogens is 234 g/mol. The fraction of sp³-hybridized carbons (Fsp3) is 0.250. The monoisotopic (exact) mass is 247 g/mol. The molecule has 0 aromatic carbocycles. The summed E-state index contributed by atoms with van der Waals surface area (Å²) in [4.78, 5) is 19.3. The molecule has 0 unspecified atom stereocenters. The molecule has 0 saturated heterocycles. The largest absolute Gasteiger partial charge is 0.463 e. The molecule has 6 heteroatoms. The highest BCUT2D eigenvalue weighted by molar-refractivity contribution is 5.87. The Labute approximate surface area is 104 Å². The topological polar surface area (TPSA) is 77.2 Å². The van der Waals surface area contributed by atoms with Crippen molar-refractivity contribution in [3.8, 4) is 0 Å². The van der Waals surface area contributed by atoms with Gasteiger partial charge in [-0.25, -0.2) is 14.8 Å². The highest BCUT2D eigenvalue weighted by Gasteiger charge is 2.15. The summed E-state index contributed by atoms with van der Waals surface area (Å²) in [6.45, 7) is 1.10. The molecule has 0 aliphatic carbocycles. The number of esters is 1. The van der Waals surface area contributed by atoms with E-state index in [0.29, 0.717) is 13.1 Å². The van der Waals surface area contributed by atoms with Gasteiger partial charge in [-0.1, -0.05) is 0 Å². The van der Waals surface area contributed by atoms with Crippen LogP contribution in [0.2, 0.25) is 0 Å². The lowest BCUT2D eigenvalue weighted by molar-refractivity contribution is 0.0563. The van der Waals surface area contributed by atoms with Gasteiger partial charge in [0, 0.05) is 24.8 Å². The Balaban J connectivity index is 1.91. The van der Waals surface area contributed by atoms with Crippen molar-refractivity contribution in [1.82, 2.24) is 15.3 Å². The van der Waals surface area contributed by atoms with E-state index in [1.54, 1.807) is 12.3 Å². The highest BCUT2D eigenvalue weighted by atomic mass is 16.5. The van der Waals surface area contributed by atoms with Gasteiger partial charge in [0.25, 0.3) is 0 Å². The first-order valence-electron chi connectivity index (χ1n) is 5.41. The molecule has 0 fully saturated rings. The second kappa shape index (κ2) is 5.92. The first kappa shape index (κ1) is 12.3. The van der Waals surface area contributed by atoms with E-state index in [1.807, 2.05) is 6.07 Å². The van der Waals surface area contributed by atoms with Crippen LogP contribution in [-0.4, -0.2) is 23.0 Å². The lowest BCUT2D eigenvalue weighted by Gasteiger charge is -2.03. The Morgan fingerprint density at radius 3 is 3.06 bits per heavy atom. The molecule has 1 N–H and O–H groups in total. The Bertz CT molecular complexity index is 510. The van der Waals surface area contributed by atoms with Gasteiger partial charge in [0.05, 0.1) is 19.1 Å². The van der Waals surface area contributed by atoms with Crippen LogP contribution in [0.4, 0.5) is 0 Å². The molecular formula is C12H13N3O3. The minimum atomic E-state index is -0.473. The summed E-state index contributed by atoms with van der Waals surface area (Å²) in [5.41, 5.74) is 1.64. The third-order valence-electron chi connectivity index (χ3n) is 2.38. The number of nitrogens with one attached hydrogen (secondary N) is 1. The van der Waals surface area contributed by atoms with Crippen molar-refractivity contribution < 1.29 is 13.9 Å². The standard InChI is InChI=1S/C12H13N3O3/c1-17-12(16)11-9(3-5-18-11)6-14-7-10-2-4-13-8-15-10/h2-5,8,14H,6-7H2,1H3. The number of hydrogen-bond acceptors (Lipinski definition) is 6. The van der Waals surface area contributed by atoms with Gasteiger partial charge in [-0.2, -0.15) is 0 Å². The van der Waals surface area contributed by atoms with Gasteiger partial charge < -0.3 is 14.5 Å². The molecule has 0 bridgehead atoms. The number of hydrogen-bond donors (Lipinski definition) is 1. The first-order chi connectivity index (χ1) is 8.81. The molecule has 18 heavy (non-hydrogen) atoms. The zero-order valence-electron chi connectivity index (χ0n) is 9.92. The molecule has 2 aromatic heterocycles. The van der Waals surface area contributed by atoms with Crippen molar-refractivity contribution in [2.24, 2.45) is 0 Å². The number of carbonyl (C=O) groups excluding carboxylic acids is 1. The van der Waals surface area contributed by atoms with E-state index < -0.39 is 5.97 Å². The lowest BCUT2D eigenvalue weighted by Crippen LogP contribution is -2.15. The van der Waals surface area contributed by atoms with Crippen LogP contribution in [0.1, 0.15) is 21.8 Å². The number of methoxy groups -OCH3 is 1. The Kier molecular flexibility index (Phi) is 4.03. The molecule has 0 amide bonds. The molecule has 0 saturated carbocycles. The van der Waals surface area contributed by atoms with Crippen LogP contribution in [0.15, 0.2) is 35.3 Å². The van der Waals surface area contributed by atoms with E-state index >= 15 is 0 Å². The van der Waals surface area contributed by atoms with Crippen LogP contribution in [0, 0.1) is 0 Å². The van der Waals surface area contributed by atoms with Crippen LogP contribution in [0.25, 0.3) is 0 Å². The van der Waals surface area contributed by atoms with E-state index in [-0.39, 0.29) is 5.76 Å². The maximum Gasteiger partial charge on any atom is 0.374 e. The zero-order chi connectivity index (χ0) is 12.8. The van der Waals surface area contributed by atoms with Gasteiger partial charge in [0.15, 0.2) is 0 Å². The average molecular weight is 247 g/mol. The average Bonchev–Trinajstić information content (AvgIpc) is 2.87. The summed E-state index contributed by atoms with van der Waals surface area (Å²) < 4.78 is 9.70. The number of ether oxygens (including phenoxy) is 1.